The van der Waals surface area contributed by atoms with Gasteiger partial charge in [0.25, 0.3) is 0 Å². The molecule has 1 aromatic heterocycles. The smallest absolute Gasteiger partial charge is 0.133 e. The van der Waals surface area contributed by atoms with Crippen LogP contribution >= 0.6 is 15.9 Å². The Morgan fingerprint density at radius 1 is 1.29 bits per heavy atom. The van der Waals surface area contributed by atoms with E-state index in [2.05, 4.69) is 39.1 Å². The van der Waals surface area contributed by atoms with Crippen LogP contribution in [0.15, 0.2) is 16.7 Å². The van der Waals surface area contributed by atoms with E-state index in [0.717, 1.165) is 36.1 Å². The third-order valence-electron chi connectivity index (χ3n) is 4.79. The Labute approximate surface area is 136 Å². The van der Waals surface area contributed by atoms with E-state index in [9.17, 15) is 0 Å². The maximum Gasteiger partial charge on any atom is 0.133 e. The number of pyridine rings is 1. The summed E-state index contributed by atoms with van der Waals surface area (Å²) in [5.74, 6) is 2.10. The Kier molecular flexibility index (Phi) is 5.17. The number of anilines is 1. The van der Waals surface area contributed by atoms with Crippen molar-refractivity contribution in [3.8, 4) is 0 Å². The van der Waals surface area contributed by atoms with E-state index in [4.69, 9.17) is 4.98 Å². The van der Waals surface area contributed by atoms with Crippen molar-refractivity contribution in [1.29, 1.82) is 0 Å². The molecular weight excluding hydrogens is 326 g/mol. The summed E-state index contributed by atoms with van der Waals surface area (Å²) in [4.78, 5) is 7.24. The Morgan fingerprint density at radius 2 is 2.14 bits per heavy atom. The molecule has 3 nitrogen and oxygen atoms in total. The van der Waals surface area contributed by atoms with Crippen molar-refractivity contribution in [1.82, 2.24) is 10.3 Å². The van der Waals surface area contributed by atoms with Gasteiger partial charge in [0.2, 0.25) is 0 Å². The van der Waals surface area contributed by atoms with Gasteiger partial charge in [-0.3, -0.25) is 0 Å². The van der Waals surface area contributed by atoms with Crippen LogP contribution in [0.5, 0.6) is 0 Å². The molecule has 2 fully saturated rings. The van der Waals surface area contributed by atoms with Crippen molar-refractivity contribution in [2.24, 2.45) is 5.92 Å². The van der Waals surface area contributed by atoms with Crippen LogP contribution in [-0.2, 0) is 6.54 Å². The van der Waals surface area contributed by atoms with Gasteiger partial charge in [0.05, 0.1) is 0 Å². The molecule has 4 heteroatoms. The first-order chi connectivity index (χ1) is 10.3. The van der Waals surface area contributed by atoms with Gasteiger partial charge in [0.15, 0.2) is 0 Å². The van der Waals surface area contributed by atoms with Crippen molar-refractivity contribution < 1.29 is 0 Å². The molecule has 1 N–H and O–H groups in total. The summed E-state index contributed by atoms with van der Waals surface area (Å²) in [7, 11) is 0. The van der Waals surface area contributed by atoms with Gasteiger partial charge in [-0.1, -0.05) is 13.3 Å². The Hall–Kier alpha value is -0.610. The zero-order valence-electron chi connectivity index (χ0n) is 12.9. The second-order valence-corrected chi connectivity index (χ2v) is 7.40. The van der Waals surface area contributed by atoms with E-state index in [1.54, 1.807) is 0 Å². The van der Waals surface area contributed by atoms with Gasteiger partial charge in [-0.05, 0) is 60.0 Å². The lowest BCUT2D eigenvalue weighted by molar-refractivity contribution is 0.459. The van der Waals surface area contributed by atoms with Crippen molar-refractivity contribution in [2.75, 3.05) is 18.0 Å². The van der Waals surface area contributed by atoms with Gasteiger partial charge < -0.3 is 10.2 Å². The molecule has 0 bridgehead atoms. The fourth-order valence-electron chi connectivity index (χ4n) is 3.22. The average molecular weight is 352 g/mol. The third-order valence-corrected chi connectivity index (χ3v) is 5.23. The second-order valence-electron chi connectivity index (χ2n) is 6.48. The molecular formula is C17H26BrN3. The molecule has 1 atom stereocenters. The van der Waals surface area contributed by atoms with E-state index >= 15 is 0 Å². The minimum Gasteiger partial charge on any atom is -0.356 e. The van der Waals surface area contributed by atoms with Crippen LogP contribution in [0.2, 0.25) is 0 Å². The summed E-state index contributed by atoms with van der Waals surface area (Å²) < 4.78 is 1.08. The molecule has 2 aliphatic rings. The maximum absolute atomic E-state index is 4.73. The predicted octanol–water partition coefficient (Wildman–Crippen LogP) is 4.11. The number of halogens is 1. The highest BCUT2D eigenvalue weighted by atomic mass is 79.9. The van der Waals surface area contributed by atoms with Crippen LogP contribution in [0.1, 0.15) is 51.0 Å². The Bertz CT molecular complexity index is 473. The number of aromatic nitrogens is 1. The van der Waals surface area contributed by atoms with Crippen molar-refractivity contribution in [2.45, 2.75) is 58.0 Å². The summed E-state index contributed by atoms with van der Waals surface area (Å²) >= 11 is 3.57. The van der Waals surface area contributed by atoms with Crippen molar-refractivity contribution in [3.05, 3.63) is 22.3 Å². The largest absolute Gasteiger partial charge is 0.356 e. The van der Waals surface area contributed by atoms with Crippen LogP contribution in [0.3, 0.4) is 0 Å². The highest BCUT2D eigenvalue weighted by Gasteiger charge is 2.23. The lowest BCUT2D eigenvalue weighted by Gasteiger charge is -2.24. The summed E-state index contributed by atoms with van der Waals surface area (Å²) in [6, 6.07) is 2.98. The highest BCUT2D eigenvalue weighted by molar-refractivity contribution is 9.10. The van der Waals surface area contributed by atoms with Gasteiger partial charge in [0.1, 0.15) is 5.82 Å². The number of rotatable bonds is 5. The molecule has 3 rings (SSSR count). The SMILES string of the molecule is CCC1CCCN(c2ncc(Br)cc2CNC2CC2)CC1. The Morgan fingerprint density at radius 3 is 2.90 bits per heavy atom. The van der Waals surface area contributed by atoms with Crippen molar-refractivity contribution in [3.63, 3.8) is 0 Å². The quantitative estimate of drug-likeness (QED) is 0.864. The first-order valence-corrected chi connectivity index (χ1v) is 9.18. The van der Waals surface area contributed by atoms with E-state index in [1.165, 1.54) is 49.9 Å². The molecule has 1 aromatic rings. The topological polar surface area (TPSA) is 28.2 Å². The van der Waals surface area contributed by atoms with Gasteiger partial charge in [-0.2, -0.15) is 0 Å². The summed E-state index contributed by atoms with van der Waals surface area (Å²) in [5, 5.41) is 3.63. The molecule has 1 saturated carbocycles. The lowest BCUT2D eigenvalue weighted by atomic mass is 9.98. The average Bonchev–Trinajstić information content (AvgIpc) is 3.32. The number of nitrogens with one attached hydrogen (secondary N) is 1. The van der Waals surface area contributed by atoms with Crippen LogP contribution in [-0.4, -0.2) is 24.1 Å². The zero-order chi connectivity index (χ0) is 14.7. The monoisotopic (exact) mass is 351 g/mol. The van der Waals surface area contributed by atoms with Gasteiger partial charge in [-0.15, -0.1) is 0 Å². The van der Waals surface area contributed by atoms with Gasteiger partial charge in [0, 0.05) is 41.9 Å². The molecule has 116 valence electrons. The molecule has 1 aliphatic carbocycles. The first kappa shape index (κ1) is 15.3. The third kappa shape index (κ3) is 4.19. The molecule has 1 aliphatic heterocycles. The molecule has 1 unspecified atom stereocenters. The van der Waals surface area contributed by atoms with E-state index in [-0.39, 0.29) is 0 Å². The molecule has 0 radical (unpaired) electrons. The fraction of sp³-hybridized carbons (Fsp3) is 0.706. The second kappa shape index (κ2) is 7.10. The predicted molar refractivity (Wildman–Crippen MR) is 91.6 cm³/mol. The minimum atomic E-state index is 0.741. The van der Waals surface area contributed by atoms with Gasteiger partial charge in [-0.25, -0.2) is 4.98 Å². The van der Waals surface area contributed by atoms with Crippen LogP contribution in [0.4, 0.5) is 5.82 Å². The van der Waals surface area contributed by atoms with Crippen LogP contribution in [0.25, 0.3) is 0 Å². The molecule has 0 spiro atoms. The number of nitrogens with zero attached hydrogens (tertiary/aromatic N) is 2. The van der Waals surface area contributed by atoms with Crippen molar-refractivity contribution >= 4 is 21.7 Å². The number of hydrogen-bond acceptors (Lipinski definition) is 3. The molecule has 0 amide bonds. The van der Waals surface area contributed by atoms with E-state index in [1.807, 2.05) is 6.20 Å². The fourth-order valence-corrected chi connectivity index (χ4v) is 3.59. The summed E-state index contributed by atoms with van der Waals surface area (Å²) in [6.07, 6.45) is 9.90. The summed E-state index contributed by atoms with van der Waals surface area (Å²) in [6.45, 7) is 5.58. The minimum absolute atomic E-state index is 0.741. The molecule has 1 saturated heterocycles. The first-order valence-electron chi connectivity index (χ1n) is 8.39. The molecule has 2 heterocycles. The van der Waals surface area contributed by atoms with Crippen LogP contribution < -0.4 is 10.2 Å². The number of hydrogen-bond donors (Lipinski definition) is 1. The lowest BCUT2D eigenvalue weighted by Crippen LogP contribution is -2.28. The van der Waals surface area contributed by atoms with E-state index in [0.29, 0.717) is 0 Å². The van der Waals surface area contributed by atoms with Gasteiger partial charge >= 0.3 is 0 Å². The standard InChI is InChI=1S/C17H26BrN3/c1-2-13-4-3-8-21(9-7-13)17-14(10-15(18)12-20-17)11-19-16-5-6-16/h10,12-13,16,19H,2-9,11H2,1H3. The highest BCUT2D eigenvalue weighted by Crippen LogP contribution is 2.28. The molecule has 0 aromatic carbocycles. The van der Waals surface area contributed by atoms with E-state index < -0.39 is 0 Å². The zero-order valence-corrected chi connectivity index (χ0v) is 14.5. The Balaban J connectivity index is 1.72. The van der Waals surface area contributed by atoms with Crippen LogP contribution in [0, 0.1) is 5.92 Å². The summed E-state index contributed by atoms with van der Waals surface area (Å²) in [5.41, 5.74) is 1.34. The maximum atomic E-state index is 4.73. The molecule has 21 heavy (non-hydrogen) atoms. The normalized spacial score (nSPS) is 23.1.